The summed E-state index contributed by atoms with van der Waals surface area (Å²) in [6.07, 6.45) is 0.714. The number of ether oxygens (including phenoxy) is 2. The number of methoxy groups -OCH3 is 1. The molecular formula is C26H27N3O3S. The van der Waals surface area contributed by atoms with E-state index in [1.165, 1.54) is 11.3 Å². The van der Waals surface area contributed by atoms with Crippen molar-refractivity contribution in [2.24, 2.45) is 0 Å². The number of hydrogen-bond acceptors (Lipinski definition) is 5. The van der Waals surface area contributed by atoms with Crippen molar-refractivity contribution < 1.29 is 14.3 Å². The van der Waals surface area contributed by atoms with Gasteiger partial charge in [-0.3, -0.25) is 4.79 Å². The molecule has 0 aliphatic rings. The van der Waals surface area contributed by atoms with Gasteiger partial charge in [0, 0.05) is 13.7 Å². The minimum Gasteiger partial charge on any atom is -0.439 e. The Labute approximate surface area is 198 Å². The molecule has 0 aliphatic carbocycles. The third-order valence-electron chi connectivity index (χ3n) is 5.25. The molecule has 0 bridgehead atoms. The first-order chi connectivity index (χ1) is 16.2. The minimum absolute atomic E-state index is 0.0257. The van der Waals surface area contributed by atoms with Gasteiger partial charge in [-0.1, -0.05) is 49.4 Å². The largest absolute Gasteiger partial charge is 0.439 e. The van der Waals surface area contributed by atoms with Crippen LogP contribution in [-0.2, 0) is 17.7 Å². The Morgan fingerprint density at radius 1 is 1.03 bits per heavy atom. The lowest BCUT2D eigenvalue weighted by molar-refractivity contribution is 0.0683. The molecule has 0 fully saturated rings. The number of aromatic nitrogens is 2. The Bertz CT molecular complexity index is 1160. The van der Waals surface area contributed by atoms with Crippen molar-refractivity contribution in [2.45, 2.75) is 19.9 Å². The van der Waals surface area contributed by atoms with Crippen molar-refractivity contribution in [3.63, 3.8) is 0 Å². The van der Waals surface area contributed by atoms with Gasteiger partial charge in [0.15, 0.2) is 0 Å². The average Bonchev–Trinajstić information content (AvgIpc) is 3.51. The van der Waals surface area contributed by atoms with E-state index in [4.69, 9.17) is 14.6 Å². The molecule has 0 unspecified atom stereocenters. The average molecular weight is 462 g/mol. The monoisotopic (exact) mass is 461 g/mol. The predicted octanol–water partition coefficient (Wildman–Crippen LogP) is 5.58. The number of thiophene rings is 1. The summed E-state index contributed by atoms with van der Waals surface area (Å²) in [4.78, 5) is 15.8. The van der Waals surface area contributed by atoms with E-state index in [1.54, 1.807) is 12.0 Å². The highest BCUT2D eigenvalue weighted by Gasteiger charge is 2.25. The molecule has 0 N–H and O–H groups in total. The van der Waals surface area contributed by atoms with E-state index >= 15 is 0 Å². The molecule has 0 atom stereocenters. The lowest BCUT2D eigenvalue weighted by Gasteiger charge is -2.22. The number of rotatable bonds is 10. The Hall–Kier alpha value is -3.42. The quantitative estimate of drug-likeness (QED) is 0.309. The summed E-state index contributed by atoms with van der Waals surface area (Å²) >= 11 is 1.44. The first-order valence-electron chi connectivity index (χ1n) is 10.9. The zero-order valence-electron chi connectivity index (χ0n) is 18.8. The van der Waals surface area contributed by atoms with E-state index in [1.807, 2.05) is 82.9 Å². The minimum atomic E-state index is -0.0257. The van der Waals surface area contributed by atoms with Crippen LogP contribution in [0.3, 0.4) is 0 Å². The van der Waals surface area contributed by atoms with Gasteiger partial charge in [-0.05, 0) is 42.1 Å². The molecule has 0 aliphatic heterocycles. The van der Waals surface area contributed by atoms with Crippen LogP contribution < -0.4 is 4.74 Å². The molecule has 2 aromatic carbocycles. The van der Waals surface area contributed by atoms with E-state index < -0.39 is 0 Å². The van der Waals surface area contributed by atoms with Crippen LogP contribution >= 0.6 is 11.3 Å². The first kappa shape index (κ1) is 22.8. The maximum atomic E-state index is 13.3. The summed E-state index contributed by atoms with van der Waals surface area (Å²) in [5.74, 6) is 1.30. The Morgan fingerprint density at radius 2 is 1.76 bits per heavy atom. The first-order valence-corrected chi connectivity index (χ1v) is 11.8. The fraction of sp³-hybridized carbons (Fsp3) is 0.231. The van der Waals surface area contributed by atoms with Crippen LogP contribution in [-0.4, -0.2) is 40.8 Å². The van der Waals surface area contributed by atoms with Crippen LogP contribution in [0.15, 0.2) is 78.2 Å². The standard InChI is InChI=1S/C26H27N3O3S/c1-3-23-22(19-28(16-17-31-2)25(30)24-15-10-18-33-24)26(32-21-13-8-5-9-14-21)29(27-23)20-11-6-4-7-12-20/h4-15,18H,3,16-17,19H2,1-2H3. The lowest BCUT2D eigenvalue weighted by atomic mass is 10.1. The smallest absolute Gasteiger partial charge is 0.264 e. The second-order valence-electron chi connectivity index (χ2n) is 7.44. The molecule has 33 heavy (non-hydrogen) atoms. The summed E-state index contributed by atoms with van der Waals surface area (Å²) in [5, 5.41) is 6.79. The van der Waals surface area contributed by atoms with Crippen molar-refractivity contribution in [1.82, 2.24) is 14.7 Å². The number of benzene rings is 2. The van der Waals surface area contributed by atoms with Gasteiger partial charge in [0.25, 0.3) is 5.91 Å². The Morgan fingerprint density at radius 3 is 2.39 bits per heavy atom. The SMILES string of the molecule is CCc1nn(-c2ccccc2)c(Oc2ccccc2)c1CN(CCOC)C(=O)c1cccs1. The predicted molar refractivity (Wildman–Crippen MR) is 130 cm³/mol. The molecule has 0 radical (unpaired) electrons. The summed E-state index contributed by atoms with van der Waals surface area (Å²) in [6, 6.07) is 23.3. The molecule has 6 nitrogen and oxygen atoms in total. The van der Waals surface area contributed by atoms with Gasteiger partial charge in [-0.15, -0.1) is 11.3 Å². The molecule has 0 spiro atoms. The Balaban J connectivity index is 1.77. The van der Waals surface area contributed by atoms with E-state index in [2.05, 4.69) is 6.92 Å². The van der Waals surface area contributed by atoms with E-state index in [0.29, 0.717) is 42.6 Å². The van der Waals surface area contributed by atoms with Crippen LogP contribution in [0.1, 0.15) is 27.9 Å². The number of para-hydroxylation sites is 2. The van der Waals surface area contributed by atoms with Gasteiger partial charge >= 0.3 is 0 Å². The number of amides is 1. The number of carbonyl (C=O) groups excluding carboxylic acids is 1. The molecule has 1 amide bonds. The van der Waals surface area contributed by atoms with Crippen molar-refractivity contribution >= 4 is 17.2 Å². The van der Waals surface area contributed by atoms with Crippen LogP contribution in [0.4, 0.5) is 0 Å². The van der Waals surface area contributed by atoms with Gasteiger partial charge in [0.1, 0.15) is 5.75 Å². The van der Waals surface area contributed by atoms with Gasteiger partial charge in [0.2, 0.25) is 5.88 Å². The second kappa shape index (κ2) is 10.9. The fourth-order valence-corrected chi connectivity index (χ4v) is 4.26. The van der Waals surface area contributed by atoms with E-state index in [-0.39, 0.29) is 5.91 Å². The highest BCUT2D eigenvalue weighted by atomic mass is 32.1. The molecule has 0 saturated carbocycles. The van der Waals surface area contributed by atoms with Crippen LogP contribution in [0.25, 0.3) is 5.69 Å². The molecular weight excluding hydrogens is 434 g/mol. The van der Waals surface area contributed by atoms with Crippen molar-refractivity contribution in [2.75, 3.05) is 20.3 Å². The highest BCUT2D eigenvalue weighted by Crippen LogP contribution is 2.32. The summed E-state index contributed by atoms with van der Waals surface area (Å²) < 4.78 is 13.5. The van der Waals surface area contributed by atoms with Crippen molar-refractivity contribution in [3.05, 3.63) is 94.3 Å². The van der Waals surface area contributed by atoms with Gasteiger partial charge in [0.05, 0.1) is 35.0 Å². The number of nitrogens with zero attached hydrogens (tertiary/aromatic N) is 3. The van der Waals surface area contributed by atoms with Crippen molar-refractivity contribution in [3.8, 4) is 17.3 Å². The summed E-state index contributed by atoms with van der Waals surface area (Å²) in [5.41, 5.74) is 2.69. The van der Waals surface area contributed by atoms with Crippen LogP contribution in [0, 0.1) is 0 Å². The molecule has 4 rings (SSSR count). The number of hydrogen-bond donors (Lipinski definition) is 0. The van der Waals surface area contributed by atoms with E-state index in [9.17, 15) is 4.79 Å². The lowest BCUT2D eigenvalue weighted by Crippen LogP contribution is -2.33. The summed E-state index contributed by atoms with van der Waals surface area (Å²) in [6.45, 7) is 3.35. The van der Waals surface area contributed by atoms with Crippen LogP contribution in [0.2, 0.25) is 0 Å². The third kappa shape index (κ3) is 5.32. The molecule has 0 saturated heterocycles. The van der Waals surface area contributed by atoms with Gasteiger partial charge in [-0.25, -0.2) is 4.68 Å². The number of carbonyl (C=O) groups is 1. The molecule has 170 valence electrons. The fourth-order valence-electron chi connectivity index (χ4n) is 3.57. The maximum Gasteiger partial charge on any atom is 0.264 e. The zero-order chi connectivity index (χ0) is 23.0. The normalized spacial score (nSPS) is 10.8. The second-order valence-corrected chi connectivity index (χ2v) is 8.39. The molecule has 2 heterocycles. The van der Waals surface area contributed by atoms with Crippen LogP contribution in [0.5, 0.6) is 11.6 Å². The topological polar surface area (TPSA) is 56.6 Å². The Kier molecular flexibility index (Phi) is 7.55. The van der Waals surface area contributed by atoms with Gasteiger partial charge in [-0.2, -0.15) is 5.10 Å². The molecule has 4 aromatic rings. The maximum absolute atomic E-state index is 13.3. The highest BCUT2D eigenvalue weighted by molar-refractivity contribution is 7.12. The third-order valence-corrected chi connectivity index (χ3v) is 6.10. The van der Waals surface area contributed by atoms with Crippen molar-refractivity contribution in [1.29, 1.82) is 0 Å². The van der Waals surface area contributed by atoms with Gasteiger partial charge < -0.3 is 14.4 Å². The summed E-state index contributed by atoms with van der Waals surface area (Å²) in [7, 11) is 1.64. The molecule has 2 aromatic heterocycles. The van der Waals surface area contributed by atoms with E-state index in [0.717, 1.165) is 16.9 Å². The molecule has 7 heteroatoms. The zero-order valence-corrected chi connectivity index (χ0v) is 19.6. The number of aryl methyl sites for hydroxylation is 1.